The second-order valence-electron chi connectivity index (χ2n) is 6.41. The van der Waals surface area contributed by atoms with Crippen LogP contribution in [0.15, 0.2) is 6.07 Å². The third-order valence-corrected chi connectivity index (χ3v) is 4.44. The fraction of sp³-hybridized carbons (Fsp3) is 0.722. The van der Waals surface area contributed by atoms with Crippen LogP contribution in [0.1, 0.15) is 49.8 Å². The molecule has 0 aromatic carbocycles. The third kappa shape index (κ3) is 4.66. The Bertz CT molecular complexity index is 534. The van der Waals surface area contributed by atoms with Crippen LogP contribution in [0, 0.1) is 6.92 Å². The molecule has 0 aliphatic carbocycles. The number of piperazine rings is 1. The monoisotopic (exact) mass is 333 g/mol. The average molecular weight is 333 g/mol. The van der Waals surface area contributed by atoms with Crippen molar-refractivity contribution >= 4 is 11.9 Å². The van der Waals surface area contributed by atoms with Crippen molar-refractivity contribution in [2.45, 2.75) is 40.5 Å². The van der Waals surface area contributed by atoms with Crippen LogP contribution in [0.25, 0.3) is 0 Å². The van der Waals surface area contributed by atoms with Crippen molar-refractivity contribution in [2.75, 3.05) is 50.7 Å². The minimum absolute atomic E-state index is 0.0256. The highest BCUT2D eigenvalue weighted by atomic mass is 16.2. The van der Waals surface area contributed by atoms with Crippen LogP contribution in [0.4, 0.5) is 5.95 Å². The third-order valence-electron chi connectivity index (χ3n) is 4.44. The molecule has 1 amide bonds. The van der Waals surface area contributed by atoms with Crippen molar-refractivity contribution in [1.29, 1.82) is 0 Å². The number of carbonyl (C=O) groups excluding carboxylic acids is 1. The van der Waals surface area contributed by atoms with E-state index in [2.05, 4.69) is 40.5 Å². The predicted molar refractivity (Wildman–Crippen MR) is 97.6 cm³/mol. The molecule has 6 nitrogen and oxygen atoms in total. The van der Waals surface area contributed by atoms with Gasteiger partial charge in [0.25, 0.3) is 5.91 Å². The first-order chi connectivity index (χ1) is 11.6. The van der Waals surface area contributed by atoms with E-state index in [-0.39, 0.29) is 5.91 Å². The summed E-state index contributed by atoms with van der Waals surface area (Å²) in [6, 6.07) is 1.81. The van der Waals surface area contributed by atoms with Crippen molar-refractivity contribution < 1.29 is 4.79 Å². The molecule has 6 heteroatoms. The number of rotatable bonds is 7. The number of anilines is 1. The number of hydrogen-bond acceptors (Lipinski definition) is 5. The summed E-state index contributed by atoms with van der Waals surface area (Å²) in [4.78, 5) is 28.5. The van der Waals surface area contributed by atoms with Crippen LogP contribution in [0.5, 0.6) is 0 Å². The van der Waals surface area contributed by atoms with Gasteiger partial charge in [-0.3, -0.25) is 4.79 Å². The number of carbonyl (C=O) groups is 1. The molecule has 0 saturated carbocycles. The lowest BCUT2D eigenvalue weighted by molar-refractivity contribution is 0.0749. The molecule has 0 radical (unpaired) electrons. The molecule has 0 atom stereocenters. The van der Waals surface area contributed by atoms with Gasteiger partial charge in [-0.25, -0.2) is 9.97 Å². The van der Waals surface area contributed by atoms with Crippen molar-refractivity contribution in [3.05, 3.63) is 17.5 Å². The van der Waals surface area contributed by atoms with E-state index in [9.17, 15) is 4.79 Å². The maximum absolute atomic E-state index is 12.8. The SMILES string of the molecule is CCCN(CCC)C(=O)c1cc(C)nc(N2CCN(CC)CC2)n1. The van der Waals surface area contributed by atoms with Crippen molar-refractivity contribution in [2.24, 2.45) is 0 Å². The van der Waals surface area contributed by atoms with Crippen LogP contribution >= 0.6 is 0 Å². The fourth-order valence-electron chi connectivity index (χ4n) is 3.08. The van der Waals surface area contributed by atoms with E-state index >= 15 is 0 Å². The van der Waals surface area contributed by atoms with E-state index in [0.717, 1.165) is 64.3 Å². The maximum Gasteiger partial charge on any atom is 0.272 e. The molecule has 2 heterocycles. The van der Waals surface area contributed by atoms with E-state index in [4.69, 9.17) is 0 Å². The predicted octanol–water partition coefficient (Wildman–Crippen LogP) is 2.19. The standard InChI is InChI=1S/C18H31N5O/c1-5-8-22(9-6-2)17(24)16-14-15(4)19-18(20-16)23-12-10-21(7-3)11-13-23/h14H,5-13H2,1-4H3. The molecule has 2 rings (SSSR count). The highest BCUT2D eigenvalue weighted by Gasteiger charge is 2.21. The number of likely N-dealkylation sites (N-methyl/N-ethyl adjacent to an activating group) is 1. The maximum atomic E-state index is 12.8. The summed E-state index contributed by atoms with van der Waals surface area (Å²) in [6.45, 7) is 14.8. The molecule has 1 saturated heterocycles. The Morgan fingerprint density at radius 2 is 1.71 bits per heavy atom. The summed E-state index contributed by atoms with van der Waals surface area (Å²) in [5.74, 6) is 0.722. The van der Waals surface area contributed by atoms with Crippen LogP contribution in [0.3, 0.4) is 0 Å². The summed E-state index contributed by atoms with van der Waals surface area (Å²) in [7, 11) is 0. The minimum Gasteiger partial charge on any atom is -0.338 e. The molecule has 0 unspecified atom stereocenters. The highest BCUT2D eigenvalue weighted by Crippen LogP contribution is 2.15. The van der Waals surface area contributed by atoms with Gasteiger partial charge in [-0.15, -0.1) is 0 Å². The normalized spacial score (nSPS) is 15.6. The van der Waals surface area contributed by atoms with Crippen LogP contribution in [0.2, 0.25) is 0 Å². The highest BCUT2D eigenvalue weighted by molar-refractivity contribution is 5.92. The Morgan fingerprint density at radius 3 is 2.25 bits per heavy atom. The first kappa shape index (κ1) is 18.6. The number of nitrogens with zero attached hydrogens (tertiary/aromatic N) is 5. The van der Waals surface area contributed by atoms with Crippen molar-refractivity contribution in [3.63, 3.8) is 0 Å². The smallest absolute Gasteiger partial charge is 0.272 e. The lowest BCUT2D eigenvalue weighted by Gasteiger charge is -2.34. The largest absolute Gasteiger partial charge is 0.338 e. The van der Waals surface area contributed by atoms with E-state index in [0.29, 0.717) is 11.6 Å². The van der Waals surface area contributed by atoms with Crippen LogP contribution in [-0.4, -0.2) is 71.5 Å². The lowest BCUT2D eigenvalue weighted by atomic mass is 10.2. The lowest BCUT2D eigenvalue weighted by Crippen LogP contribution is -2.47. The van der Waals surface area contributed by atoms with Gasteiger partial charge in [-0.1, -0.05) is 20.8 Å². The zero-order valence-electron chi connectivity index (χ0n) is 15.6. The Labute approximate surface area is 145 Å². The molecule has 0 N–H and O–H groups in total. The molecule has 1 aromatic heterocycles. The second kappa shape index (κ2) is 8.97. The van der Waals surface area contributed by atoms with Gasteiger partial charge in [0.1, 0.15) is 5.69 Å². The zero-order valence-corrected chi connectivity index (χ0v) is 15.6. The summed E-state index contributed by atoms with van der Waals surface area (Å²) in [6.07, 6.45) is 1.92. The van der Waals surface area contributed by atoms with Gasteiger partial charge in [0.05, 0.1) is 0 Å². The second-order valence-corrected chi connectivity index (χ2v) is 6.41. The topological polar surface area (TPSA) is 52.6 Å². The summed E-state index contributed by atoms with van der Waals surface area (Å²) < 4.78 is 0. The minimum atomic E-state index is 0.0256. The Balaban J connectivity index is 2.17. The van der Waals surface area contributed by atoms with Gasteiger partial charge in [-0.2, -0.15) is 0 Å². The first-order valence-corrected chi connectivity index (χ1v) is 9.21. The molecule has 1 aromatic rings. The number of amides is 1. The van der Waals surface area contributed by atoms with E-state index < -0.39 is 0 Å². The molecule has 134 valence electrons. The molecular formula is C18H31N5O. The molecule has 1 aliphatic heterocycles. The number of aryl methyl sites for hydroxylation is 1. The number of aromatic nitrogens is 2. The fourth-order valence-corrected chi connectivity index (χ4v) is 3.08. The Morgan fingerprint density at radius 1 is 1.08 bits per heavy atom. The number of hydrogen-bond donors (Lipinski definition) is 0. The quantitative estimate of drug-likeness (QED) is 0.765. The Hall–Kier alpha value is -1.69. The van der Waals surface area contributed by atoms with Gasteiger partial charge in [-0.05, 0) is 32.4 Å². The molecule has 1 fully saturated rings. The average Bonchev–Trinajstić information content (AvgIpc) is 2.60. The zero-order chi connectivity index (χ0) is 17.5. The van der Waals surface area contributed by atoms with Crippen LogP contribution < -0.4 is 4.90 Å². The Kier molecular flexibility index (Phi) is 6.97. The van der Waals surface area contributed by atoms with Crippen molar-refractivity contribution in [1.82, 2.24) is 19.8 Å². The summed E-state index contributed by atoms with van der Waals surface area (Å²) in [5, 5.41) is 0. The van der Waals surface area contributed by atoms with Gasteiger partial charge >= 0.3 is 0 Å². The van der Waals surface area contributed by atoms with Crippen LogP contribution in [-0.2, 0) is 0 Å². The summed E-state index contributed by atoms with van der Waals surface area (Å²) in [5.41, 5.74) is 1.38. The van der Waals surface area contributed by atoms with E-state index in [1.54, 1.807) is 0 Å². The van der Waals surface area contributed by atoms with E-state index in [1.807, 2.05) is 17.9 Å². The molecular weight excluding hydrogens is 302 g/mol. The van der Waals surface area contributed by atoms with Gasteiger partial charge in [0.15, 0.2) is 0 Å². The van der Waals surface area contributed by atoms with Gasteiger partial charge in [0, 0.05) is 45.0 Å². The van der Waals surface area contributed by atoms with Crippen molar-refractivity contribution in [3.8, 4) is 0 Å². The first-order valence-electron chi connectivity index (χ1n) is 9.21. The summed E-state index contributed by atoms with van der Waals surface area (Å²) >= 11 is 0. The molecule has 1 aliphatic rings. The molecule has 0 bridgehead atoms. The van der Waals surface area contributed by atoms with Gasteiger partial charge < -0.3 is 14.7 Å². The van der Waals surface area contributed by atoms with Gasteiger partial charge in [0.2, 0.25) is 5.95 Å². The van der Waals surface area contributed by atoms with E-state index in [1.165, 1.54) is 0 Å². The molecule has 24 heavy (non-hydrogen) atoms. The molecule has 0 spiro atoms.